The topological polar surface area (TPSA) is 61.4 Å². The van der Waals surface area contributed by atoms with Gasteiger partial charge in [-0.25, -0.2) is 0 Å². The summed E-state index contributed by atoms with van der Waals surface area (Å²) in [6, 6.07) is 12.8. The Morgan fingerprint density at radius 3 is 2.64 bits per heavy atom. The Balaban J connectivity index is 1.86. The molecule has 2 aromatic rings. The number of fused-ring (bicyclic) bond motifs is 1. The van der Waals surface area contributed by atoms with Gasteiger partial charge < -0.3 is 15.7 Å². The minimum absolute atomic E-state index is 0.123. The molecule has 0 spiro atoms. The third kappa shape index (κ3) is 4.96. The number of phenols is 1. The first-order chi connectivity index (χ1) is 13.6. The average Bonchev–Trinajstić information content (AvgIpc) is 2.99. The van der Waals surface area contributed by atoms with Crippen molar-refractivity contribution < 1.29 is 9.90 Å². The van der Waals surface area contributed by atoms with Gasteiger partial charge in [-0.1, -0.05) is 67.1 Å². The van der Waals surface area contributed by atoms with Crippen molar-refractivity contribution in [3.63, 3.8) is 0 Å². The summed E-state index contributed by atoms with van der Waals surface area (Å²) < 4.78 is 0.923. The lowest BCUT2D eigenvalue weighted by Gasteiger charge is -2.15. The molecule has 0 atom stereocenters. The fourth-order valence-corrected chi connectivity index (χ4v) is 3.86. The van der Waals surface area contributed by atoms with Gasteiger partial charge in [0.05, 0.1) is 11.3 Å². The normalized spacial score (nSPS) is 14.6. The summed E-state index contributed by atoms with van der Waals surface area (Å²) >= 11 is 3.50. The molecule has 0 bridgehead atoms. The van der Waals surface area contributed by atoms with Crippen molar-refractivity contribution in [1.82, 2.24) is 5.32 Å². The number of benzene rings is 2. The fraction of sp³-hybridized carbons (Fsp3) is 0.348. The van der Waals surface area contributed by atoms with Gasteiger partial charge in [-0.15, -0.1) is 0 Å². The van der Waals surface area contributed by atoms with E-state index >= 15 is 0 Å². The third-order valence-corrected chi connectivity index (χ3v) is 5.44. The van der Waals surface area contributed by atoms with Gasteiger partial charge >= 0.3 is 0 Å². The van der Waals surface area contributed by atoms with E-state index in [2.05, 4.69) is 33.5 Å². The highest BCUT2D eigenvalue weighted by Crippen LogP contribution is 2.38. The summed E-state index contributed by atoms with van der Waals surface area (Å²) in [5.41, 5.74) is 3.87. The van der Waals surface area contributed by atoms with E-state index in [-0.39, 0.29) is 11.7 Å². The molecule has 0 unspecified atom stereocenters. The third-order valence-electron chi connectivity index (χ3n) is 4.94. The molecule has 0 aliphatic carbocycles. The van der Waals surface area contributed by atoms with Crippen LogP contribution in [0.2, 0.25) is 0 Å². The number of carbonyl (C=O) groups is 1. The molecule has 148 valence electrons. The molecule has 0 saturated heterocycles. The van der Waals surface area contributed by atoms with Gasteiger partial charge in [0.2, 0.25) is 0 Å². The number of anilines is 1. The second-order valence-corrected chi connectivity index (χ2v) is 8.05. The number of aromatic hydroxyl groups is 1. The van der Waals surface area contributed by atoms with E-state index in [0.717, 1.165) is 39.9 Å². The zero-order valence-electron chi connectivity index (χ0n) is 16.2. The van der Waals surface area contributed by atoms with Crippen LogP contribution in [0.15, 0.2) is 46.9 Å². The van der Waals surface area contributed by atoms with Crippen molar-refractivity contribution in [3.05, 3.63) is 58.1 Å². The number of hydrogen-bond donors (Lipinski definition) is 3. The number of nitrogens with one attached hydrogen (secondary N) is 2. The van der Waals surface area contributed by atoms with Crippen LogP contribution in [-0.4, -0.2) is 17.6 Å². The summed E-state index contributed by atoms with van der Waals surface area (Å²) in [4.78, 5) is 12.8. The van der Waals surface area contributed by atoms with Crippen LogP contribution >= 0.6 is 15.9 Å². The maximum atomic E-state index is 12.8. The zero-order chi connectivity index (χ0) is 19.9. The number of unbranched alkanes of at least 4 members (excludes halogenated alkanes) is 5. The predicted molar refractivity (Wildman–Crippen MR) is 119 cm³/mol. The summed E-state index contributed by atoms with van der Waals surface area (Å²) in [5.74, 6) is 0.0618. The summed E-state index contributed by atoms with van der Waals surface area (Å²) in [7, 11) is 0. The first kappa shape index (κ1) is 20.5. The Morgan fingerprint density at radius 2 is 1.86 bits per heavy atom. The van der Waals surface area contributed by atoms with Crippen molar-refractivity contribution in [2.24, 2.45) is 0 Å². The maximum Gasteiger partial charge on any atom is 0.258 e. The minimum Gasteiger partial charge on any atom is -0.508 e. The lowest BCUT2D eigenvalue weighted by atomic mass is 10.00. The van der Waals surface area contributed by atoms with E-state index in [4.69, 9.17) is 0 Å². The molecule has 1 amide bonds. The van der Waals surface area contributed by atoms with Gasteiger partial charge in [-0.05, 0) is 36.8 Å². The van der Waals surface area contributed by atoms with Crippen LogP contribution in [0, 0.1) is 0 Å². The Bertz CT molecular complexity index is 877. The molecule has 0 fully saturated rings. The van der Waals surface area contributed by atoms with Crippen molar-refractivity contribution >= 4 is 38.8 Å². The molecule has 3 rings (SSSR count). The summed E-state index contributed by atoms with van der Waals surface area (Å²) in [5, 5.41) is 16.4. The Morgan fingerprint density at radius 1 is 1.07 bits per heavy atom. The van der Waals surface area contributed by atoms with Crippen LogP contribution in [0.3, 0.4) is 0 Å². The van der Waals surface area contributed by atoms with E-state index in [1.807, 2.05) is 24.3 Å². The van der Waals surface area contributed by atoms with E-state index in [1.54, 1.807) is 18.2 Å². The van der Waals surface area contributed by atoms with E-state index in [0.29, 0.717) is 5.57 Å². The van der Waals surface area contributed by atoms with Crippen LogP contribution in [0.4, 0.5) is 5.69 Å². The lowest BCUT2D eigenvalue weighted by molar-refractivity contribution is -0.110. The number of hydrogen-bond acceptors (Lipinski definition) is 3. The Labute approximate surface area is 175 Å². The van der Waals surface area contributed by atoms with Crippen molar-refractivity contribution in [2.75, 3.05) is 11.9 Å². The fourth-order valence-electron chi connectivity index (χ4n) is 3.50. The molecule has 1 heterocycles. The van der Waals surface area contributed by atoms with Crippen molar-refractivity contribution in [3.8, 4) is 5.75 Å². The first-order valence-corrected chi connectivity index (χ1v) is 10.8. The molecule has 28 heavy (non-hydrogen) atoms. The maximum absolute atomic E-state index is 12.8. The second kappa shape index (κ2) is 9.78. The molecule has 0 aromatic heterocycles. The first-order valence-electron chi connectivity index (χ1n) is 9.99. The molecular weight excluding hydrogens is 416 g/mol. The highest BCUT2D eigenvalue weighted by molar-refractivity contribution is 9.10. The van der Waals surface area contributed by atoms with Gasteiger partial charge in [-0.3, -0.25) is 4.79 Å². The van der Waals surface area contributed by atoms with Crippen LogP contribution in [-0.2, 0) is 4.79 Å². The SMILES string of the molecule is CCCCCCCCN/C(=C1\C(=O)Nc2ccc(Br)cc21)c1cccc(O)c1. The molecule has 2 aromatic carbocycles. The standard InChI is InChI=1S/C23H27BrN2O2/c1-2-3-4-5-6-7-13-25-22(16-9-8-10-18(27)14-16)21-19-15-17(24)11-12-20(19)26-23(21)28/h8-12,14-15,25,27H,2-7,13H2,1H3,(H,26,28)/b22-21-. The van der Waals surface area contributed by atoms with Crippen molar-refractivity contribution in [1.29, 1.82) is 0 Å². The predicted octanol–water partition coefficient (Wildman–Crippen LogP) is 5.93. The summed E-state index contributed by atoms with van der Waals surface area (Å²) in [6.45, 7) is 3.01. The lowest BCUT2D eigenvalue weighted by Crippen LogP contribution is -2.18. The number of carbonyl (C=O) groups excluding carboxylic acids is 1. The van der Waals surface area contributed by atoms with Gasteiger partial charge in [0.1, 0.15) is 5.75 Å². The van der Waals surface area contributed by atoms with Gasteiger partial charge in [-0.2, -0.15) is 0 Å². The number of amides is 1. The van der Waals surface area contributed by atoms with Crippen LogP contribution < -0.4 is 10.6 Å². The van der Waals surface area contributed by atoms with E-state index in [9.17, 15) is 9.90 Å². The Kier molecular flexibility index (Phi) is 7.15. The number of halogens is 1. The molecule has 0 radical (unpaired) electrons. The highest BCUT2D eigenvalue weighted by Gasteiger charge is 2.28. The average molecular weight is 443 g/mol. The smallest absolute Gasteiger partial charge is 0.258 e. The highest BCUT2D eigenvalue weighted by atomic mass is 79.9. The largest absolute Gasteiger partial charge is 0.508 e. The van der Waals surface area contributed by atoms with E-state index in [1.165, 1.54) is 32.1 Å². The number of rotatable bonds is 9. The Hall–Kier alpha value is -2.27. The van der Waals surface area contributed by atoms with Crippen LogP contribution in [0.5, 0.6) is 5.75 Å². The molecular formula is C23H27BrN2O2. The molecule has 5 heteroatoms. The van der Waals surface area contributed by atoms with Crippen molar-refractivity contribution in [2.45, 2.75) is 45.4 Å². The van der Waals surface area contributed by atoms with Crippen LogP contribution in [0.25, 0.3) is 11.3 Å². The van der Waals surface area contributed by atoms with Gasteiger partial charge in [0, 0.05) is 27.8 Å². The molecule has 4 nitrogen and oxygen atoms in total. The zero-order valence-corrected chi connectivity index (χ0v) is 17.8. The molecule has 1 aliphatic heterocycles. The monoisotopic (exact) mass is 442 g/mol. The molecule has 3 N–H and O–H groups in total. The quantitative estimate of drug-likeness (QED) is 0.333. The van der Waals surface area contributed by atoms with Gasteiger partial charge in [0.15, 0.2) is 0 Å². The molecule has 1 aliphatic rings. The van der Waals surface area contributed by atoms with E-state index < -0.39 is 0 Å². The number of phenolic OH excluding ortho intramolecular Hbond substituents is 1. The summed E-state index contributed by atoms with van der Waals surface area (Å²) in [6.07, 6.45) is 7.27. The second-order valence-electron chi connectivity index (χ2n) is 7.14. The van der Waals surface area contributed by atoms with Crippen LogP contribution in [0.1, 0.15) is 56.6 Å². The molecule has 0 saturated carbocycles. The minimum atomic E-state index is -0.123. The van der Waals surface area contributed by atoms with Gasteiger partial charge in [0.25, 0.3) is 5.91 Å².